The lowest BCUT2D eigenvalue weighted by molar-refractivity contribution is -0.143. The number of carbonyl (C=O) groups is 5. The molecule has 1 aromatic rings. The number of fused-ring (bicyclic) bond motifs is 3. The van der Waals surface area contributed by atoms with Gasteiger partial charge in [0.2, 0.25) is 21.8 Å². The second-order valence-corrected chi connectivity index (χ2v) is 19.5. The quantitative estimate of drug-likeness (QED) is 0.388. The molecule has 292 valence electrons. The van der Waals surface area contributed by atoms with Crippen molar-refractivity contribution in [2.24, 2.45) is 16.7 Å². The van der Waals surface area contributed by atoms with Crippen LogP contribution in [0.1, 0.15) is 110 Å². The zero-order chi connectivity index (χ0) is 38.5. The van der Waals surface area contributed by atoms with Gasteiger partial charge in [-0.3, -0.25) is 24.0 Å². The van der Waals surface area contributed by atoms with Gasteiger partial charge in [0.25, 0.3) is 5.91 Å². The highest BCUT2D eigenvalue weighted by molar-refractivity contribution is 7.91. The molecule has 5 atom stereocenters. The van der Waals surface area contributed by atoms with Crippen LogP contribution >= 0.6 is 0 Å². The van der Waals surface area contributed by atoms with E-state index < -0.39 is 74.3 Å². The first-order chi connectivity index (χ1) is 24.8. The largest absolute Gasteiger partial charge is 0.449 e. The lowest BCUT2D eigenvalue weighted by Crippen LogP contribution is -2.60. The monoisotopic (exact) mass is 757 g/mol. The lowest BCUT2D eigenvalue weighted by atomic mass is 9.85. The number of carbonyl (C=O) groups excluding carboxylic acids is 5. The van der Waals surface area contributed by atoms with Gasteiger partial charge in [-0.15, -0.1) is 0 Å². The number of aryl methyl sites for hydroxylation is 1. The van der Waals surface area contributed by atoms with Gasteiger partial charge < -0.3 is 25.0 Å². The number of ether oxygens (including phenoxy) is 2. The molecule has 3 N–H and O–H groups in total. The van der Waals surface area contributed by atoms with E-state index in [-0.39, 0.29) is 37.3 Å². The summed E-state index contributed by atoms with van der Waals surface area (Å²) in [6.45, 7) is 12.1. The Morgan fingerprint density at radius 2 is 1.77 bits per heavy atom. The maximum absolute atomic E-state index is 14.5. The summed E-state index contributed by atoms with van der Waals surface area (Å²) in [5, 5.41) is 4.95. The van der Waals surface area contributed by atoms with Gasteiger partial charge in [0, 0.05) is 19.5 Å². The van der Waals surface area contributed by atoms with Crippen molar-refractivity contribution in [1.82, 2.24) is 25.2 Å². The van der Waals surface area contributed by atoms with E-state index in [1.165, 1.54) is 10.5 Å². The van der Waals surface area contributed by atoms with Crippen molar-refractivity contribution in [2.75, 3.05) is 13.2 Å². The van der Waals surface area contributed by atoms with Crippen LogP contribution in [0.4, 0.5) is 9.59 Å². The Morgan fingerprint density at radius 1 is 1.06 bits per heavy atom. The van der Waals surface area contributed by atoms with Crippen molar-refractivity contribution in [3.63, 3.8) is 0 Å². The number of benzene rings is 1. The zero-order valence-corrected chi connectivity index (χ0v) is 32.6. The average Bonchev–Trinajstić information content (AvgIpc) is 3.97. The fourth-order valence-corrected chi connectivity index (χ4v) is 9.33. The third-order valence-corrected chi connectivity index (χ3v) is 13.3. The second-order valence-electron chi connectivity index (χ2n) is 17.5. The molecule has 5 aliphatic rings. The van der Waals surface area contributed by atoms with Crippen LogP contribution in [0.25, 0.3) is 0 Å². The Bertz CT molecular complexity index is 1750. The normalized spacial score (nSPS) is 29.4. The molecule has 15 heteroatoms. The van der Waals surface area contributed by atoms with Crippen LogP contribution in [0.3, 0.4) is 0 Å². The molecule has 1 aromatic carbocycles. The fraction of sp³-hybridized carbons (Fsp3) is 0.711. The summed E-state index contributed by atoms with van der Waals surface area (Å²) in [6, 6.07) is 3.80. The number of hydrogen-bond donors (Lipinski definition) is 3. The number of nitrogens with one attached hydrogen (secondary N) is 3. The summed E-state index contributed by atoms with van der Waals surface area (Å²) in [4.78, 5) is 72.1. The third-order valence-electron chi connectivity index (χ3n) is 11.5. The molecule has 5 unspecified atom stereocenters. The Balaban J connectivity index is 1.28. The molecule has 3 heterocycles. The minimum absolute atomic E-state index is 0.0558. The number of nitrogens with zero attached hydrogens (tertiary/aromatic N) is 2. The second kappa shape index (κ2) is 14.4. The Morgan fingerprint density at radius 3 is 2.43 bits per heavy atom. The molecular formula is C38H55N5O9S. The molecule has 4 bridgehead atoms. The molecule has 1 saturated heterocycles. The van der Waals surface area contributed by atoms with Crippen molar-refractivity contribution in [1.29, 1.82) is 0 Å². The van der Waals surface area contributed by atoms with Crippen molar-refractivity contribution >= 4 is 39.9 Å². The zero-order valence-electron chi connectivity index (χ0n) is 31.8. The number of rotatable bonds is 6. The molecule has 3 aliphatic heterocycles. The molecule has 2 saturated carbocycles. The Labute approximate surface area is 312 Å². The summed E-state index contributed by atoms with van der Waals surface area (Å²) in [7, 11) is -3.88. The van der Waals surface area contributed by atoms with Gasteiger partial charge in [-0.25, -0.2) is 18.0 Å². The van der Waals surface area contributed by atoms with Crippen LogP contribution in [0.15, 0.2) is 18.2 Å². The topological polar surface area (TPSA) is 181 Å². The lowest BCUT2D eigenvalue weighted by Gasteiger charge is -2.35. The number of sulfonamides is 1. The van der Waals surface area contributed by atoms with Crippen LogP contribution in [0, 0.1) is 16.7 Å². The molecule has 0 radical (unpaired) electrons. The smallest absolute Gasteiger partial charge is 0.410 e. The minimum atomic E-state index is -3.88. The molecular weight excluding hydrogens is 703 g/mol. The van der Waals surface area contributed by atoms with E-state index in [9.17, 15) is 32.4 Å². The highest BCUT2D eigenvalue weighted by Gasteiger charge is 2.62. The first-order valence-corrected chi connectivity index (χ1v) is 20.6. The summed E-state index contributed by atoms with van der Waals surface area (Å²) in [5.41, 5.74) is 0.742. The van der Waals surface area contributed by atoms with Crippen LogP contribution < -0.4 is 15.4 Å². The first kappa shape index (κ1) is 38.8. The molecule has 3 fully saturated rings. The molecule has 53 heavy (non-hydrogen) atoms. The third kappa shape index (κ3) is 8.44. The standard InChI is InChI=1S/C38H55N5O9S/c1-7-25-18-38(25,33(46)41-53(49,50)27-14-15-27)40-31(44)29-17-26-20-43(29)32(45)30(36(2,3)4)39-34(47)51-22-37(5,6)16-9-8-11-23-12-10-13-24-19-42(21-28(23)24)35(48)52-26/h10,12-13,25-27,29-30H,7-9,11,14-22H2,1-6H3,(H,39,47)(H,40,44)(H,41,46). The number of alkyl carbamates (subject to hydrolysis) is 1. The van der Waals surface area contributed by atoms with Gasteiger partial charge in [0.15, 0.2) is 0 Å². The molecule has 0 spiro atoms. The van der Waals surface area contributed by atoms with Gasteiger partial charge in [0.05, 0.1) is 18.4 Å². The minimum Gasteiger partial charge on any atom is -0.449 e. The van der Waals surface area contributed by atoms with Gasteiger partial charge in [-0.05, 0) is 72.0 Å². The molecule has 0 aromatic heterocycles. The fourth-order valence-electron chi connectivity index (χ4n) is 7.97. The average molecular weight is 758 g/mol. The predicted octanol–water partition coefficient (Wildman–Crippen LogP) is 3.90. The van der Waals surface area contributed by atoms with E-state index in [2.05, 4.69) is 21.4 Å². The Hall–Kier alpha value is -3.88. The predicted molar refractivity (Wildman–Crippen MR) is 194 cm³/mol. The number of cyclic esters (lactones) is 1. The molecule has 14 nitrogen and oxygen atoms in total. The van der Waals surface area contributed by atoms with Gasteiger partial charge >= 0.3 is 12.2 Å². The summed E-state index contributed by atoms with van der Waals surface area (Å²) in [5.74, 6) is -2.33. The van der Waals surface area contributed by atoms with Crippen molar-refractivity contribution in [2.45, 2.75) is 141 Å². The molecule has 6 rings (SSSR count). The Kier molecular flexibility index (Phi) is 10.6. The van der Waals surface area contributed by atoms with Crippen molar-refractivity contribution in [3.8, 4) is 0 Å². The van der Waals surface area contributed by atoms with Crippen molar-refractivity contribution in [3.05, 3.63) is 34.9 Å². The van der Waals surface area contributed by atoms with E-state index in [4.69, 9.17) is 9.47 Å². The van der Waals surface area contributed by atoms with Crippen LogP contribution in [0.5, 0.6) is 0 Å². The molecule has 5 amide bonds. The highest BCUT2D eigenvalue weighted by atomic mass is 32.2. The maximum atomic E-state index is 14.5. The summed E-state index contributed by atoms with van der Waals surface area (Å²) < 4.78 is 39.3. The van der Waals surface area contributed by atoms with Gasteiger partial charge in [-0.2, -0.15) is 0 Å². The maximum Gasteiger partial charge on any atom is 0.410 e. The molecule has 2 aliphatic carbocycles. The summed E-state index contributed by atoms with van der Waals surface area (Å²) >= 11 is 0. The van der Waals surface area contributed by atoms with E-state index in [1.54, 1.807) is 25.7 Å². The van der Waals surface area contributed by atoms with Crippen LogP contribution in [-0.4, -0.2) is 90.3 Å². The highest BCUT2D eigenvalue weighted by Crippen LogP contribution is 2.47. The van der Waals surface area contributed by atoms with Gasteiger partial charge in [-0.1, -0.05) is 72.6 Å². The number of hydrogen-bond acceptors (Lipinski definition) is 9. The first-order valence-electron chi connectivity index (χ1n) is 19.0. The van der Waals surface area contributed by atoms with Crippen LogP contribution in [-0.2, 0) is 53.4 Å². The van der Waals surface area contributed by atoms with E-state index in [1.807, 2.05) is 32.9 Å². The SMILES string of the molecule is CCC1CC1(NC(=O)C1CC2CN1C(=O)C(C(C)(C)C)NC(=O)OCC(C)(C)CCCCc1cccc3c1CN(C3)C(=O)O2)C(=O)NS(=O)(=O)C1CC1. The van der Waals surface area contributed by atoms with E-state index in [0.29, 0.717) is 32.4 Å². The van der Waals surface area contributed by atoms with Crippen LogP contribution in [0.2, 0.25) is 0 Å². The van der Waals surface area contributed by atoms with Crippen molar-refractivity contribution < 1.29 is 41.9 Å². The van der Waals surface area contributed by atoms with Gasteiger partial charge in [0.1, 0.15) is 23.7 Å². The van der Waals surface area contributed by atoms with E-state index in [0.717, 1.165) is 36.8 Å². The number of amides is 5. The summed E-state index contributed by atoms with van der Waals surface area (Å²) in [6.07, 6.45) is 2.94. The van der Waals surface area contributed by atoms with E-state index >= 15 is 0 Å².